The number of carbonyl (C=O) groups excluding carboxylic acids is 1. The number of H-pyrrole nitrogens is 1. The van der Waals surface area contributed by atoms with Crippen LogP contribution in [0.5, 0.6) is 0 Å². The number of amides is 1. The molecular weight excluding hydrogens is 300 g/mol. The van der Waals surface area contributed by atoms with Crippen molar-refractivity contribution in [2.75, 3.05) is 13.1 Å². The third-order valence-electron chi connectivity index (χ3n) is 4.62. The summed E-state index contributed by atoms with van der Waals surface area (Å²) < 4.78 is 0. The predicted molar refractivity (Wildman–Crippen MR) is 93.3 cm³/mol. The number of hydrogen-bond donors (Lipinski definition) is 2. The van der Waals surface area contributed by atoms with Gasteiger partial charge in [0, 0.05) is 37.5 Å². The molecule has 5 nitrogen and oxygen atoms in total. The van der Waals surface area contributed by atoms with Crippen molar-refractivity contribution < 1.29 is 4.79 Å². The zero-order valence-electron chi connectivity index (χ0n) is 13.4. The Balaban J connectivity index is 1.63. The van der Waals surface area contributed by atoms with Crippen molar-refractivity contribution in [1.29, 1.82) is 0 Å². The van der Waals surface area contributed by atoms with Crippen molar-refractivity contribution in [2.45, 2.75) is 19.0 Å². The minimum absolute atomic E-state index is 0.103. The van der Waals surface area contributed by atoms with Crippen LogP contribution in [0.15, 0.2) is 54.7 Å². The fourth-order valence-corrected chi connectivity index (χ4v) is 3.38. The molecule has 0 bridgehead atoms. The quantitative estimate of drug-likeness (QED) is 0.780. The van der Waals surface area contributed by atoms with E-state index in [9.17, 15) is 4.79 Å². The van der Waals surface area contributed by atoms with Crippen molar-refractivity contribution in [3.8, 4) is 0 Å². The topological polar surface area (TPSA) is 61.0 Å². The molecule has 1 aliphatic heterocycles. The number of benzene rings is 2. The van der Waals surface area contributed by atoms with E-state index in [0.717, 1.165) is 24.0 Å². The van der Waals surface area contributed by atoms with Gasteiger partial charge in [0.05, 0.1) is 11.7 Å². The molecule has 0 radical (unpaired) electrons. The van der Waals surface area contributed by atoms with Gasteiger partial charge in [-0.25, -0.2) is 0 Å². The SMILES string of the molecule is O=C1CC(c2ccccc2)N(Cc2ccc3cn[nH]c3c2)CCN1. The Hall–Kier alpha value is -2.66. The molecule has 2 N–H and O–H groups in total. The minimum Gasteiger partial charge on any atom is -0.355 e. The van der Waals surface area contributed by atoms with E-state index in [-0.39, 0.29) is 11.9 Å². The Morgan fingerprint density at radius 1 is 1.17 bits per heavy atom. The van der Waals surface area contributed by atoms with Gasteiger partial charge in [0.1, 0.15) is 0 Å². The minimum atomic E-state index is 0.103. The fourth-order valence-electron chi connectivity index (χ4n) is 3.38. The van der Waals surface area contributed by atoms with Gasteiger partial charge in [0.15, 0.2) is 0 Å². The van der Waals surface area contributed by atoms with E-state index in [1.54, 1.807) is 0 Å². The van der Waals surface area contributed by atoms with Gasteiger partial charge in [0.25, 0.3) is 0 Å². The molecule has 122 valence electrons. The van der Waals surface area contributed by atoms with Gasteiger partial charge in [-0.2, -0.15) is 5.10 Å². The molecule has 5 heteroatoms. The lowest BCUT2D eigenvalue weighted by Crippen LogP contribution is -2.30. The summed E-state index contributed by atoms with van der Waals surface area (Å²) in [5.74, 6) is 0.121. The summed E-state index contributed by atoms with van der Waals surface area (Å²) in [7, 11) is 0. The summed E-state index contributed by atoms with van der Waals surface area (Å²) in [5, 5.41) is 11.2. The molecule has 4 rings (SSSR count). The molecule has 1 atom stereocenters. The standard InChI is InChI=1S/C19H20N4O/c24-19-11-18(15-4-2-1-3-5-15)23(9-8-20-19)13-14-6-7-16-12-21-22-17(16)10-14/h1-7,10,12,18H,8-9,11,13H2,(H,20,24)(H,21,22). The maximum atomic E-state index is 12.1. The zero-order valence-corrected chi connectivity index (χ0v) is 13.4. The van der Waals surface area contributed by atoms with Gasteiger partial charge in [-0.05, 0) is 17.2 Å². The molecule has 3 aromatic rings. The van der Waals surface area contributed by atoms with Gasteiger partial charge in [-0.15, -0.1) is 0 Å². The second kappa shape index (κ2) is 6.45. The molecule has 0 aliphatic carbocycles. The molecule has 24 heavy (non-hydrogen) atoms. The van der Waals surface area contributed by atoms with Crippen molar-refractivity contribution in [3.63, 3.8) is 0 Å². The molecule has 1 aliphatic rings. The highest BCUT2D eigenvalue weighted by Crippen LogP contribution is 2.27. The van der Waals surface area contributed by atoms with E-state index in [1.807, 2.05) is 24.4 Å². The second-order valence-corrected chi connectivity index (χ2v) is 6.24. The van der Waals surface area contributed by atoms with E-state index in [0.29, 0.717) is 13.0 Å². The van der Waals surface area contributed by atoms with Crippen LogP contribution in [-0.4, -0.2) is 34.1 Å². The van der Waals surface area contributed by atoms with Gasteiger partial charge in [-0.1, -0.05) is 42.5 Å². The second-order valence-electron chi connectivity index (χ2n) is 6.24. The van der Waals surface area contributed by atoms with Gasteiger partial charge >= 0.3 is 0 Å². The maximum absolute atomic E-state index is 12.1. The van der Waals surface area contributed by atoms with Crippen molar-refractivity contribution >= 4 is 16.8 Å². The molecule has 1 fully saturated rings. The third kappa shape index (κ3) is 3.03. The van der Waals surface area contributed by atoms with Crippen LogP contribution >= 0.6 is 0 Å². The number of fused-ring (bicyclic) bond motifs is 1. The Kier molecular flexibility index (Phi) is 4.01. The van der Waals surface area contributed by atoms with E-state index in [4.69, 9.17) is 0 Å². The van der Waals surface area contributed by atoms with E-state index in [1.165, 1.54) is 11.1 Å². The van der Waals surface area contributed by atoms with Crippen LogP contribution < -0.4 is 5.32 Å². The van der Waals surface area contributed by atoms with Gasteiger partial charge < -0.3 is 5.32 Å². The highest BCUT2D eigenvalue weighted by Gasteiger charge is 2.26. The summed E-state index contributed by atoms with van der Waals surface area (Å²) in [6.07, 6.45) is 2.33. The number of aromatic amines is 1. The van der Waals surface area contributed by atoms with Crippen molar-refractivity contribution in [2.24, 2.45) is 0 Å². The number of aromatic nitrogens is 2. The average Bonchev–Trinajstić information content (AvgIpc) is 2.99. The summed E-state index contributed by atoms with van der Waals surface area (Å²) in [5.41, 5.74) is 3.46. The van der Waals surface area contributed by atoms with E-state index < -0.39 is 0 Å². The Morgan fingerprint density at radius 2 is 2.04 bits per heavy atom. The first-order valence-corrected chi connectivity index (χ1v) is 8.27. The first-order valence-electron chi connectivity index (χ1n) is 8.27. The summed E-state index contributed by atoms with van der Waals surface area (Å²) >= 11 is 0. The first-order chi connectivity index (χ1) is 11.8. The molecule has 1 saturated heterocycles. The molecule has 1 unspecified atom stereocenters. The normalized spacial score (nSPS) is 19.2. The number of hydrogen-bond acceptors (Lipinski definition) is 3. The van der Waals surface area contributed by atoms with Crippen LogP contribution in [0.3, 0.4) is 0 Å². The Morgan fingerprint density at radius 3 is 2.92 bits per heavy atom. The van der Waals surface area contributed by atoms with Gasteiger partial charge in [-0.3, -0.25) is 14.8 Å². The maximum Gasteiger partial charge on any atom is 0.221 e. The lowest BCUT2D eigenvalue weighted by Gasteiger charge is -2.29. The summed E-state index contributed by atoms with van der Waals surface area (Å²) in [6.45, 7) is 2.34. The fraction of sp³-hybridized carbons (Fsp3) is 0.263. The molecule has 1 amide bonds. The first kappa shape index (κ1) is 14.9. The number of nitrogens with zero attached hydrogens (tertiary/aromatic N) is 2. The van der Waals surface area contributed by atoms with Crippen LogP contribution in [0, 0.1) is 0 Å². The molecule has 0 saturated carbocycles. The van der Waals surface area contributed by atoms with Crippen molar-refractivity contribution in [1.82, 2.24) is 20.4 Å². The summed E-state index contributed by atoms with van der Waals surface area (Å²) in [4.78, 5) is 14.4. The van der Waals surface area contributed by atoms with E-state index in [2.05, 4.69) is 50.7 Å². The molecule has 2 heterocycles. The predicted octanol–water partition coefficient (Wildman–Crippen LogP) is 2.63. The van der Waals surface area contributed by atoms with Crippen LogP contribution in [0.25, 0.3) is 10.9 Å². The highest BCUT2D eigenvalue weighted by atomic mass is 16.1. The average molecular weight is 320 g/mol. The molecule has 1 aromatic heterocycles. The molecule has 2 aromatic carbocycles. The lowest BCUT2D eigenvalue weighted by molar-refractivity contribution is -0.121. The van der Waals surface area contributed by atoms with Crippen LogP contribution in [0.4, 0.5) is 0 Å². The summed E-state index contributed by atoms with van der Waals surface area (Å²) in [6, 6.07) is 16.8. The van der Waals surface area contributed by atoms with E-state index >= 15 is 0 Å². The smallest absolute Gasteiger partial charge is 0.221 e. The molecular formula is C19H20N4O. The number of nitrogens with one attached hydrogen (secondary N) is 2. The monoisotopic (exact) mass is 320 g/mol. The number of rotatable bonds is 3. The van der Waals surface area contributed by atoms with Gasteiger partial charge in [0.2, 0.25) is 5.91 Å². The van der Waals surface area contributed by atoms with Crippen LogP contribution in [0.1, 0.15) is 23.6 Å². The Bertz CT molecular complexity index is 843. The zero-order chi connectivity index (χ0) is 16.4. The number of carbonyl (C=O) groups is 1. The molecule has 0 spiro atoms. The highest BCUT2D eigenvalue weighted by molar-refractivity contribution is 5.78. The lowest BCUT2D eigenvalue weighted by atomic mass is 10.0. The largest absolute Gasteiger partial charge is 0.355 e. The van der Waals surface area contributed by atoms with Crippen molar-refractivity contribution in [3.05, 3.63) is 65.9 Å². The van der Waals surface area contributed by atoms with Crippen LogP contribution in [0.2, 0.25) is 0 Å². The van der Waals surface area contributed by atoms with Crippen LogP contribution in [-0.2, 0) is 11.3 Å². The third-order valence-corrected chi connectivity index (χ3v) is 4.62. The Labute approximate surface area is 140 Å².